The molecule has 4 heteroatoms. The summed E-state index contributed by atoms with van der Waals surface area (Å²) in [6.45, 7) is 0.258. The first-order chi connectivity index (χ1) is 10.3. The average molecular weight is 299 g/mol. The summed E-state index contributed by atoms with van der Waals surface area (Å²) in [6.07, 6.45) is -0.505. The van der Waals surface area contributed by atoms with E-state index in [-0.39, 0.29) is 6.61 Å². The predicted octanol–water partition coefficient (Wildman–Crippen LogP) is 3.23. The molecule has 0 radical (unpaired) electrons. The van der Waals surface area contributed by atoms with Crippen LogP contribution in [0.3, 0.4) is 0 Å². The molecular formula is C17H17NO2S. The number of aliphatic hydroxyl groups excluding tert-OH is 1. The van der Waals surface area contributed by atoms with E-state index in [0.717, 1.165) is 5.75 Å². The van der Waals surface area contributed by atoms with Crippen LogP contribution in [-0.4, -0.2) is 23.6 Å². The predicted molar refractivity (Wildman–Crippen MR) is 85.3 cm³/mol. The number of thioether (sulfide) groups is 1. The molecule has 0 saturated carbocycles. The minimum absolute atomic E-state index is 0.258. The minimum Gasteiger partial charge on any atom is -0.491 e. The highest BCUT2D eigenvalue weighted by molar-refractivity contribution is 7.98. The summed E-state index contributed by atoms with van der Waals surface area (Å²) in [6, 6.07) is 19.1. The third kappa shape index (κ3) is 5.50. The summed E-state index contributed by atoms with van der Waals surface area (Å²) in [7, 11) is 0. The van der Waals surface area contributed by atoms with E-state index >= 15 is 0 Å². The molecule has 1 N–H and O–H groups in total. The van der Waals surface area contributed by atoms with Gasteiger partial charge >= 0.3 is 0 Å². The van der Waals surface area contributed by atoms with Crippen molar-refractivity contribution >= 4 is 11.8 Å². The van der Waals surface area contributed by atoms with Crippen LogP contribution in [0.15, 0.2) is 54.6 Å². The van der Waals surface area contributed by atoms with Gasteiger partial charge in [-0.15, -0.1) is 0 Å². The van der Waals surface area contributed by atoms with Gasteiger partial charge in [0.25, 0.3) is 0 Å². The van der Waals surface area contributed by atoms with Gasteiger partial charge in [-0.25, -0.2) is 0 Å². The summed E-state index contributed by atoms with van der Waals surface area (Å²) >= 11 is 1.68. The Bertz CT molecular complexity index is 578. The molecule has 0 amide bonds. The van der Waals surface area contributed by atoms with E-state index in [0.29, 0.717) is 17.1 Å². The van der Waals surface area contributed by atoms with Gasteiger partial charge in [-0.3, -0.25) is 0 Å². The highest BCUT2D eigenvalue weighted by atomic mass is 32.2. The van der Waals surface area contributed by atoms with Gasteiger partial charge in [0.1, 0.15) is 12.4 Å². The first-order valence-corrected chi connectivity index (χ1v) is 7.86. The van der Waals surface area contributed by atoms with Crippen LogP contribution in [0.1, 0.15) is 11.1 Å². The zero-order chi connectivity index (χ0) is 14.9. The van der Waals surface area contributed by atoms with Crippen molar-refractivity contribution in [1.82, 2.24) is 0 Å². The van der Waals surface area contributed by atoms with E-state index < -0.39 is 6.10 Å². The van der Waals surface area contributed by atoms with Crippen molar-refractivity contribution < 1.29 is 9.84 Å². The zero-order valence-corrected chi connectivity index (χ0v) is 12.4. The quantitative estimate of drug-likeness (QED) is 0.853. The number of ether oxygens (including phenoxy) is 1. The molecule has 0 aliphatic rings. The molecule has 0 fully saturated rings. The number of hydrogen-bond donors (Lipinski definition) is 1. The minimum atomic E-state index is -0.505. The van der Waals surface area contributed by atoms with Gasteiger partial charge < -0.3 is 9.84 Å². The van der Waals surface area contributed by atoms with E-state index in [9.17, 15) is 5.11 Å². The van der Waals surface area contributed by atoms with Gasteiger partial charge in [0, 0.05) is 11.5 Å². The Morgan fingerprint density at radius 1 is 1.10 bits per heavy atom. The van der Waals surface area contributed by atoms with Crippen LogP contribution in [0.5, 0.6) is 5.75 Å². The molecule has 0 heterocycles. The number of benzene rings is 2. The van der Waals surface area contributed by atoms with Crippen molar-refractivity contribution in [2.24, 2.45) is 0 Å². The lowest BCUT2D eigenvalue weighted by molar-refractivity contribution is 0.126. The summed E-state index contributed by atoms with van der Waals surface area (Å²) < 4.78 is 5.50. The fourth-order valence-electron chi connectivity index (χ4n) is 1.75. The highest BCUT2D eigenvalue weighted by Gasteiger charge is 2.06. The molecule has 2 aromatic rings. The summed E-state index contributed by atoms with van der Waals surface area (Å²) in [5.41, 5.74) is 1.85. The third-order valence-electron chi connectivity index (χ3n) is 2.85. The van der Waals surface area contributed by atoms with Gasteiger partial charge in [-0.05, 0) is 29.8 Å². The Hall–Kier alpha value is -1.96. The maximum Gasteiger partial charge on any atom is 0.119 e. The molecule has 2 aromatic carbocycles. The monoisotopic (exact) mass is 299 g/mol. The third-order valence-corrected chi connectivity index (χ3v) is 4.01. The van der Waals surface area contributed by atoms with Crippen molar-refractivity contribution in [1.29, 1.82) is 5.26 Å². The molecule has 21 heavy (non-hydrogen) atoms. The van der Waals surface area contributed by atoms with Crippen LogP contribution < -0.4 is 4.74 Å². The summed E-state index contributed by atoms with van der Waals surface area (Å²) in [5, 5.41) is 18.6. The number of nitriles is 1. The standard InChI is InChI=1S/C17H17NO2S/c18-10-14-6-8-17(9-7-14)20-11-16(19)13-21-12-15-4-2-1-3-5-15/h1-9,16,19H,11-13H2. The molecule has 3 nitrogen and oxygen atoms in total. The molecule has 108 valence electrons. The Morgan fingerprint density at radius 3 is 2.48 bits per heavy atom. The van der Waals surface area contributed by atoms with Crippen LogP contribution in [0.4, 0.5) is 0 Å². The molecule has 0 spiro atoms. The van der Waals surface area contributed by atoms with Crippen LogP contribution in [0.25, 0.3) is 0 Å². The van der Waals surface area contributed by atoms with Gasteiger partial charge in [0.15, 0.2) is 0 Å². The van der Waals surface area contributed by atoms with E-state index in [1.165, 1.54) is 5.56 Å². The number of nitrogens with zero attached hydrogens (tertiary/aromatic N) is 1. The highest BCUT2D eigenvalue weighted by Crippen LogP contribution is 2.15. The summed E-state index contributed by atoms with van der Waals surface area (Å²) in [4.78, 5) is 0. The Kier molecular flexibility index (Phi) is 6.14. The van der Waals surface area contributed by atoms with Crippen LogP contribution >= 0.6 is 11.8 Å². The lowest BCUT2D eigenvalue weighted by atomic mass is 10.2. The van der Waals surface area contributed by atoms with E-state index in [1.807, 2.05) is 18.2 Å². The van der Waals surface area contributed by atoms with Gasteiger partial charge in [0.05, 0.1) is 17.7 Å². The lowest BCUT2D eigenvalue weighted by Gasteiger charge is -2.12. The van der Waals surface area contributed by atoms with Crippen molar-refractivity contribution in [3.63, 3.8) is 0 Å². The maximum atomic E-state index is 9.89. The second-order valence-electron chi connectivity index (χ2n) is 4.60. The summed E-state index contributed by atoms with van der Waals surface area (Å²) in [5.74, 6) is 2.18. The van der Waals surface area contributed by atoms with Crippen molar-refractivity contribution in [2.75, 3.05) is 12.4 Å². The van der Waals surface area contributed by atoms with Crippen molar-refractivity contribution in [3.8, 4) is 11.8 Å². The second kappa shape index (κ2) is 8.35. The number of rotatable bonds is 7. The van der Waals surface area contributed by atoms with Gasteiger partial charge in [-0.2, -0.15) is 17.0 Å². The first-order valence-electron chi connectivity index (χ1n) is 6.70. The van der Waals surface area contributed by atoms with E-state index in [1.54, 1.807) is 36.0 Å². The van der Waals surface area contributed by atoms with Crippen LogP contribution in [0.2, 0.25) is 0 Å². The largest absolute Gasteiger partial charge is 0.491 e. The first kappa shape index (κ1) is 15.4. The molecule has 2 rings (SSSR count). The molecule has 0 bridgehead atoms. The van der Waals surface area contributed by atoms with Gasteiger partial charge in [0.2, 0.25) is 0 Å². The fourth-order valence-corrected chi connectivity index (χ4v) is 2.67. The molecule has 1 unspecified atom stereocenters. The Balaban J connectivity index is 1.67. The lowest BCUT2D eigenvalue weighted by Crippen LogP contribution is -2.20. The topological polar surface area (TPSA) is 53.2 Å². The molecule has 0 aromatic heterocycles. The van der Waals surface area contributed by atoms with Gasteiger partial charge in [-0.1, -0.05) is 30.3 Å². The molecule has 0 aliphatic heterocycles. The van der Waals surface area contributed by atoms with E-state index in [2.05, 4.69) is 18.2 Å². The molecule has 0 aliphatic carbocycles. The molecule has 0 saturated heterocycles. The second-order valence-corrected chi connectivity index (χ2v) is 5.63. The average Bonchev–Trinajstić information content (AvgIpc) is 2.54. The molecule has 1 atom stereocenters. The maximum absolute atomic E-state index is 9.89. The fraction of sp³-hybridized carbons (Fsp3) is 0.235. The number of aliphatic hydroxyl groups is 1. The Labute approximate surface area is 129 Å². The zero-order valence-electron chi connectivity index (χ0n) is 11.6. The SMILES string of the molecule is N#Cc1ccc(OCC(O)CSCc2ccccc2)cc1. The van der Waals surface area contributed by atoms with Crippen LogP contribution in [-0.2, 0) is 5.75 Å². The Morgan fingerprint density at radius 2 is 1.81 bits per heavy atom. The number of hydrogen-bond acceptors (Lipinski definition) is 4. The smallest absolute Gasteiger partial charge is 0.119 e. The van der Waals surface area contributed by atoms with Crippen molar-refractivity contribution in [3.05, 3.63) is 65.7 Å². The van der Waals surface area contributed by atoms with E-state index in [4.69, 9.17) is 10.00 Å². The van der Waals surface area contributed by atoms with Crippen molar-refractivity contribution in [2.45, 2.75) is 11.9 Å². The normalized spacial score (nSPS) is 11.6. The van der Waals surface area contributed by atoms with Crippen LogP contribution in [0, 0.1) is 11.3 Å². The molecular weight excluding hydrogens is 282 g/mol.